The van der Waals surface area contributed by atoms with Gasteiger partial charge in [-0.05, 0) is 141 Å². The third-order valence-corrected chi connectivity index (χ3v) is 13.3. The summed E-state index contributed by atoms with van der Waals surface area (Å²) >= 11 is 0. The molecule has 4 aromatic heterocycles. The average molecular weight is 891 g/mol. The van der Waals surface area contributed by atoms with Crippen LogP contribution in [0, 0.1) is 0 Å². The fraction of sp³-hybridized carbons (Fsp3) is 0.203. The van der Waals surface area contributed by atoms with Gasteiger partial charge in [-0.1, -0.05) is 169 Å². The number of aryl methyl sites for hydroxylation is 2. The van der Waals surface area contributed by atoms with Crippen LogP contribution in [-0.4, -0.2) is 15.0 Å². The van der Waals surface area contributed by atoms with E-state index in [9.17, 15) is 5.48 Å². The molecule has 10 rings (SSSR count). The summed E-state index contributed by atoms with van der Waals surface area (Å²) in [6.45, 7) is 12.5. The Bertz CT molecular complexity index is 3470. The Morgan fingerprint density at radius 1 is 0.471 bits per heavy atom. The number of nitrogens with zero attached hydrogens (tertiary/aromatic N) is 3. The van der Waals surface area contributed by atoms with Crippen molar-refractivity contribution in [3.05, 3.63) is 233 Å². The third kappa shape index (κ3) is 9.55. The zero-order valence-corrected chi connectivity index (χ0v) is 39.6. The molecule has 0 amide bonds. The zero-order valence-electron chi connectivity index (χ0n) is 44.6. The normalized spacial score (nSPS) is 13.7. The maximum atomic E-state index is 9.76. The lowest BCUT2D eigenvalue weighted by molar-refractivity contribution is 0.514. The van der Waals surface area contributed by atoms with Crippen LogP contribution in [0.1, 0.15) is 93.2 Å². The Balaban J connectivity index is 0.976. The molecule has 10 aromatic rings. The standard InChI is InChI=1S/C64H59N3O/c1-43(2)57-42-67-60(39-56(57)51-27-32-55-54-13-7-8-16-61(54)68-62(55)38-51)50-21-19-44(20-22-50)17-18-45-35-46(40-63(3,4)52-28-23-48(24-29-52)58-14-9-11-33-65-58)37-47(36-45)41-64(5,6)53-30-25-49(26-31-53)59-15-10-12-34-66-59/h7-16,19-39,42-43H,17-18,40-41H2,1-6H3/i17D2,18D2,43D. The number of benzene rings is 6. The highest BCUT2D eigenvalue weighted by Gasteiger charge is 2.25. The van der Waals surface area contributed by atoms with Gasteiger partial charge >= 0.3 is 0 Å². The summed E-state index contributed by atoms with van der Waals surface area (Å²) in [6, 6.07) is 57.8. The van der Waals surface area contributed by atoms with Gasteiger partial charge in [0.1, 0.15) is 11.2 Å². The molecule has 0 aliphatic carbocycles. The first-order chi connectivity index (χ1) is 34.8. The van der Waals surface area contributed by atoms with Crippen molar-refractivity contribution < 1.29 is 11.3 Å². The Labute approximate surface area is 408 Å². The van der Waals surface area contributed by atoms with Gasteiger partial charge in [-0.2, -0.15) is 0 Å². The van der Waals surface area contributed by atoms with Crippen molar-refractivity contribution in [2.75, 3.05) is 0 Å². The smallest absolute Gasteiger partial charge is 0.136 e. The van der Waals surface area contributed by atoms with Crippen molar-refractivity contribution in [3.63, 3.8) is 0 Å². The summed E-state index contributed by atoms with van der Waals surface area (Å²) in [6.07, 6.45) is 1.67. The number of hydrogen-bond donors (Lipinski definition) is 0. The number of furan rings is 1. The molecule has 0 N–H and O–H groups in total. The molecule has 0 radical (unpaired) electrons. The predicted molar refractivity (Wildman–Crippen MR) is 283 cm³/mol. The van der Waals surface area contributed by atoms with Crippen LogP contribution in [0.15, 0.2) is 199 Å². The van der Waals surface area contributed by atoms with Crippen LogP contribution in [0.25, 0.3) is 66.8 Å². The lowest BCUT2D eigenvalue weighted by Crippen LogP contribution is -2.22. The van der Waals surface area contributed by atoms with Gasteiger partial charge in [0.15, 0.2) is 0 Å². The van der Waals surface area contributed by atoms with Crippen LogP contribution in [-0.2, 0) is 36.4 Å². The van der Waals surface area contributed by atoms with E-state index in [-0.39, 0.29) is 22.0 Å². The van der Waals surface area contributed by atoms with Crippen LogP contribution in [0.2, 0.25) is 0 Å². The molecule has 0 atom stereocenters. The summed E-state index contributed by atoms with van der Waals surface area (Å²) in [5.74, 6) is -0.948. The SMILES string of the molecule is [2H]C(C)(C)c1cnc(-c2ccc(C([2H])([2H])C([2H])([2H])c3cc(CC(C)(C)c4ccc(-c5ccccn5)cc4)cc(CC(C)(C)c4ccc(-c5ccccn5)cc4)c3)cc2)cc1-c1ccc2c(c1)oc1ccccc12. The molecule has 0 aliphatic heterocycles. The first-order valence-corrected chi connectivity index (χ1v) is 23.5. The number of fused-ring (bicyclic) bond motifs is 3. The van der Waals surface area contributed by atoms with Gasteiger partial charge in [-0.3, -0.25) is 15.0 Å². The average Bonchev–Trinajstić information content (AvgIpc) is 3.76. The van der Waals surface area contributed by atoms with Gasteiger partial charge in [0.25, 0.3) is 0 Å². The van der Waals surface area contributed by atoms with E-state index >= 15 is 0 Å². The zero-order chi connectivity index (χ0) is 51.3. The molecule has 4 heteroatoms. The van der Waals surface area contributed by atoms with Gasteiger partial charge in [-0.15, -0.1) is 0 Å². The number of pyridine rings is 3. The van der Waals surface area contributed by atoms with Gasteiger partial charge in [0.05, 0.1) is 17.1 Å². The van der Waals surface area contributed by atoms with Crippen molar-refractivity contribution in [1.82, 2.24) is 15.0 Å². The number of para-hydroxylation sites is 1. The van der Waals surface area contributed by atoms with E-state index in [0.29, 0.717) is 18.5 Å². The van der Waals surface area contributed by atoms with E-state index in [1.54, 1.807) is 30.7 Å². The van der Waals surface area contributed by atoms with Crippen LogP contribution in [0.5, 0.6) is 0 Å². The van der Waals surface area contributed by atoms with Gasteiger partial charge in [0, 0.05) is 52.9 Å². The molecular weight excluding hydrogens is 827 g/mol. The van der Waals surface area contributed by atoms with Crippen LogP contribution in [0.4, 0.5) is 0 Å². The molecule has 0 unspecified atom stereocenters. The van der Waals surface area contributed by atoms with E-state index in [1.807, 2.05) is 105 Å². The van der Waals surface area contributed by atoms with Gasteiger partial charge in [0.2, 0.25) is 0 Å². The molecule has 336 valence electrons. The molecule has 0 fully saturated rings. The fourth-order valence-electron chi connectivity index (χ4n) is 9.53. The predicted octanol–water partition coefficient (Wildman–Crippen LogP) is 16.4. The van der Waals surface area contributed by atoms with Crippen molar-refractivity contribution in [2.24, 2.45) is 0 Å². The van der Waals surface area contributed by atoms with Crippen molar-refractivity contribution in [2.45, 2.75) is 83.9 Å². The van der Waals surface area contributed by atoms with E-state index in [4.69, 9.17) is 10.8 Å². The second-order valence-electron chi connectivity index (χ2n) is 19.5. The highest BCUT2D eigenvalue weighted by atomic mass is 16.3. The number of hydrogen-bond acceptors (Lipinski definition) is 4. The van der Waals surface area contributed by atoms with E-state index in [2.05, 4.69) is 110 Å². The summed E-state index contributed by atoms with van der Waals surface area (Å²) in [4.78, 5) is 13.9. The monoisotopic (exact) mass is 890 g/mol. The van der Waals surface area contributed by atoms with E-state index < -0.39 is 18.6 Å². The highest BCUT2D eigenvalue weighted by Crippen LogP contribution is 2.38. The number of rotatable bonds is 14. The Hall–Kier alpha value is -7.43. The first kappa shape index (κ1) is 38.7. The van der Waals surface area contributed by atoms with Gasteiger partial charge < -0.3 is 4.42 Å². The van der Waals surface area contributed by atoms with Crippen LogP contribution < -0.4 is 0 Å². The quantitative estimate of drug-likeness (QED) is 0.109. The highest BCUT2D eigenvalue weighted by molar-refractivity contribution is 6.06. The summed E-state index contributed by atoms with van der Waals surface area (Å²) in [5.41, 5.74) is 13.3. The maximum absolute atomic E-state index is 9.76. The molecule has 0 saturated carbocycles. The topological polar surface area (TPSA) is 51.8 Å². The number of aromatic nitrogens is 3. The first-order valence-electron chi connectivity index (χ1n) is 26.0. The fourth-order valence-corrected chi connectivity index (χ4v) is 9.53. The molecule has 4 nitrogen and oxygen atoms in total. The minimum Gasteiger partial charge on any atom is -0.456 e. The molecule has 0 aliphatic rings. The lowest BCUT2D eigenvalue weighted by Gasteiger charge is -2.28. The molecule has 0 spiro atoms. The maximum Gasteiger partial charge on any atom is 0.136 e. The molecule has 0 saturated heterocycles. The summed E-state index contributed by atoms with van der Waals surface area (Å²) in [7, 11) is 0. The van der Waals surface area contributed by atoms with Gasteiger partial charge in [-0.25, -0.2) is 0 Å². The minimum absolute atomic E-state index is 0.217. The summed E-state index contributed by atoms with van der Waals surface area (Å²) in [5, 5.41) is 2.07. The molecular formula is C64H59N3O. The molecule has 6 aromatic carbocycles. The Kier molecular flexibility index (Phi) is 10.6. The second-order valence-corrected chi connectivity index (χ2v) is 19.5. The van der Waals surface area contributed by atoms with Crippen molar-refractivity contribution >= 4 is 21.9 Å². The van der Waals surface area contributed by atoms with Crippen molar-refractivity contribution in [1.29, 1.82) is 0 Å². The minimum atomic E-state index is -2.44. The van der Waals surface area contributed by atoms with Crippen LogP contribution >= 0.6 is 0 Å². The lowest BCUT2D eigenvalue weighted by atomic mass is 9.76. The third-order valence-electron chi connectivity index (χ3n) is 13.3. The molecule has 68 heavy (non-hydrogen) atoms. The van der Waals surface area contributed by atoms with Crippen LogP contribution in [0.3, 0.4) is 0 Å². The largest absolute Gasteiger partial charge is 0.456 e. The second kappa shape index (κ2) is 18.7. The summed E-state index contributed by atoms with van der Waals surface area (Å²) < 4.78 is 54.0. The Morgan fingerprint density at radius 3 is 1.54 bits per heavy atom. The molecule has 0 bridgehead atoms. The Morgan fingerprint density at radius 2 is 0.971 bits per heavy atom. The van der Waals surface area contributed by atoms with E-state index in [1.165, 1.54) is 0 Å². The molecule has 4 heterocycles. The van der Waals surface area contributed by atoms with E-state index in [0.717, 1.165) is 89.0 Å². The van der Waals surface area contributed by atoms with Crippen molar-refractivity contribution in [3.8, 4) is 44.9 Å².